The first-order chi connectivity index (χ1) is 19.8. The fourth-order valence-electron chi connectivity index (χ4n) is 3.68. The number of aliphatic carboxylic acids is 1. The van der Waals surface area contributed by atoms with Crippen molar-refractivity contribution >= 4 is 57.0 Å². The van der Waals surface area contributed by atoms with Gasteiger partial charge in [0, 0.05) is 22.9 Å². The van der Waals surface area contributed by atoms with Crippen molar-refractivity contribution in [2.75, 3.05) is 5.75 Å². The fourth-order valence-corrected chi connectivity index (χ4v) is 6.08. The van der Waals surface area contributed by atoms with Gasteiger partial charge in [-0.1, -0.05) is 35.9 Å². The van der Waals surface area contributed by atoms with Gasteiger partial charge in [0.25, 0.3) is 5.91 Å². The number of carbonyl (C=O) groups is 4. The maximum absolute atomic E-state index is 12.8. The van der Waals surface area contributed by atoms with Crippen molar-refractivity contribution in [1.82, 2.24) is 10.0 Å². The van der Waals surface area contributed by atoms with Gasteiger partial charge in [-0.15, -0.1) is 11.8 Å². The quantitative estimate of drug-likeness (QED) is 0.175. The maximum Gasteiger partial charge on any atom is 0.339 e. The molecule has 1 amide bonds. The van der Waals surface area contributed by atoms with Crippen LogP contribution in [0.15, 0.2) is 65.6 Å². The van der Waals surface area contributed by atoms with Gasteiger partial charge in [-0.3, -0.25) is 14.4 Å². The molecule has 0 unspecified atom stereocenters. The molecule has 0 heterocycles. The molecule has 3 aromatic carbocycles. The molecule has 0 radical (unpaired) electrons. The molecule has 0 aliphatic carbocycles. The molecule has 5 N–H and O–H groups in total. The topological polar surface area (TPSA) is 187 Å². The first-order valence-corrected chi connectivity index (χ1v) is 15.3. The summed E-state index contributed by atoms with van der Waals surface area (Å²) in [6.45, 7) is 1.70. The number of halogens is 1. The zero-order chi connectivity index (χ0) is 31.0. The van der Waals surface area contributed by atoms with Crippen LogP contribution < -0.4 is 10.0 Å². The monoisotopic (exact) mass is 634 g/mol. The molecule has 11 nitrogen and oxygen atoms in total. The molecular formula is C28H27ClN2O9S2. The number of amides is 1. The third-order valence-corrected chi connectivity index (χ3v) is 8.73. The van der Waals surface area contributed by atoms with Crippen LogP contribution in [0.4, 0.5) is 0 Å². The van der Waals surface area contributed by atoms with Crippen LogP contribution in [0.25, 0.3) is 0 Å². The minimum Gasteiger partial charge on any atom is -0.507 e. The zero-order valence-corrected chi connectivity index (χ0v) is 24.6. The second-order valence-electron chi connectivity index (χ2n) is 9.18. The number of aryl methyl sites for hydroxylation is 1. The van der Waals surface area contributed by atoms with Crippen molar-refractivity contribution in [2.45, 2.75) is 36.6 Å². The van der Waals surface area contributed by atoms with E-state index in [0.717, 1.165) is 29.3 Å². The third-order valence-electron chi connectivity index (χ3n) is 5.97. The van der Waals surface area contributed by atoms with Crippen LogP contribution in [0.2, 0.25) is 5.02 Å². The Morgan fingerprint density at radius 2 is 1.67 bits per heavy atom. The number of thioether (sulfide) groups is 1. The van der Waals surface area contributed by atoms with Crippen molar-refractivity contribution in [3.05, 3.63) is 93.5 Å². The molecule has 0 spiro atoms. The summed E-state index contributed by atoms with van der Waals surface area (Å²) in [5, 5.41) is 31.0. The summed E-state index contributed by atoms with van der Waals surface area (Å²) in [7, 11) is -4.13. The molecule has 0 fully saturated rings. The number of carboxylic acids is 2. The minimum atomic E-state index is -4.13. The van der Waals surface area contributed by atoms with Crippen molar-refractivity contribution < 1.29 is 42.9 Å². The predicted octanol–water partition coefficient (Wildman–Crippen LogP) is 3.61. The van der Waals surface area contributed by atoms with E-state index in [4.69, 9.17) is 16.7 Å². The number of hydrogen-bond donors (Lipinski definition) is 5. The van der Waals surface area contributed by atoms with Crippen molar-refractivity contribution in [2.24, 2.45) is 0 Å². The highest BCUT2D eigenvalue weighted by atomic mass is 35.5. The SMILES string of the molecule is Cc1ccc(CSCC(=O)[C@H](CC(=O)O)NC(=O)c2ccc(CNS(=O)(=O)c3ccc(O)c(C(=O)O)c3)cc2)c(Cl)c1. The Kier molecular flexibility index (Phi) is 11.1. The van der Waals surface area contributed by atoms with E-state index in [1.165, 1.54) is 36.0 Å². The highest BCUT2D eigenvalue weighted by molar-refractivity contribution is 7.99. The van der Waals surface area contributed by atoms with Gasteiger partial charge in [0.15, 0.2) is 5.78 Å². The standard InChI is InChI=1S/C28H27ClN2O9S2/c1-16-2-5-19(22(29)10-16)14-41-15-25(33)23(12-26(34)35)31-27(36)18-6-3-17(4-7-18)13-30-42(39,40)20-8-9-24(32)21(11-20)28(37)38/h2-11,23,30,32H,12-15H2,1H3,(H,31,36)(H,34,35)(H,37,38)/t23-/m0/s1. The number of rotatable bonds is 14. The number of benzene rings is 3. The Hall–Kier alpha value is -3.91. The molecule has 3 rings (SSSR count). The lowest BCUT2D eigenvalue weighted by Gasteiger charge is -2.16. The Bertz CT molecular complexity index is 1610. The number of hydrogen-bond acceptors (Lipinski definition) is 8. The van der Waals surface area contributed by atoms with Crippen molar-refractivity contribution in [1.29, 1.82) is 0 Å². The Morgan fingerprint density at radius 1 is 0.976 bits per heavy atom. The lowest BCUT2D eigenvalue weighted by Crippen LogP contribution is -2.43. The van der Waals surface area contributed by atoms with Gasteiger partial charge in [-0.25, -0.2) is 17.9 Å². The summed E-state index contributed by atoms with van der Waals surface area (Å²) in [4.78, 5) is 47.7. The van der Waals surface area contributed by atoms with Crippen LogP contribution in [-0.4, -0.2) is 59.2 Å². The van der Waals surface area contributed by atoms with Crippen LogP contribution >= 0.6 is 23.4 Å². The highest BCUT2D eigenvalue weighted by Gasteiger charge is 2.24. The summed E-state index contributed by atoms with van der Waals surface area (Å²) in [6, 6.07) is 12.8. The van der Waals surface area contributed by atoms with Crippen LogP contribution in [0.5, 0.6) is 5.75 Å². The molecule has 0 saturated heterocycles. The van der Waals surface area contributed by atoms with Gasteiger partial charge in [0.2, 0.25) is 10.0 Å². The van der Waals surface area contributed by atoms with Gasteiger partial charge >= 0.3 is 11.9 Å². The average molecular weight is 635 g/mol. The summed E-state index contributed by atoms with van der Waals surface area (Å²) >= 11 is 7.47. The highest BCUT2D eigenvalue weighted by Crippen LogP contribution is 2.23. The molecule has 0 aromatic heterocycles. The molecule has 42 heavy (non-hydrogen) atoms. The van der Waals surface area contributed by atoms with Crippen LogP contribution in [-0.2, 0) is 31.9 Å². The Balaban J connectivity index is 1.60. The first kappa shape index (κ1) is 32.6. The second kappa shape index (κ2) is 14.3. The zero-order valence-electron chi connectivity index (χ0n) is 22.2. The number of ketones is 1. The van der Waals surface area contributed by atoms with E-state index < -0.39 is 57.4 Å². The average Bonchev–Trinajstić information content (AvgIpc) is 2.92. The molecule has 0 aliphatic heterocycles. The van der Waals surface area contributed by atoms with E-state index >= 15 is 0 Å². The van der Waals surface area contributed by atoms with E-state index in [1.807, 2.05) is 19.1 Å². The molecule has 1 atom stereocenters. The van der Waals surface area contributed by atoms with Gasteiger partial charge < -0.3 is 20.6 Å². The number of carboxylic acid groups (broad SMARTS) is 2. The van der Waals surface area contributed by atoms with E-state index in [2.05, 4.69) is 10.0 Å². The van der Waals surface area contributed by atoms with Crippen molar-refractivity contribution in [3.8, 4) is 5.75 Å². The fraction of sp³-hybridized carbons (Fsp3) is 0.214. The number of Topliss-reactive ketones (excluding diaryl/α,β-unsaturated/α-hetero) is 1. The Labute approximate surface area is 251 Å². The van der Waals surface area contributed by atoms with E-state index in [9.17, 15) is 37.8 Å². The second-order valence-corrected chi connectivity index (χ2v) is 12.3. The lowest BCUT2D eigenvalue weighted by atomic mass is 10.1. The smallest absolute Gasteiger partial charge is 0.339 e. The third kappa shape index (κ3) is 9.05. The normalized spacial score (nSPS) is 12.0. The number of carbonyl (C=O) groups excluding carboxylic acids is 2. The number of nitrogens with one attached hydrogen (secondary N) is 2. The van der Waals surface area contributed by atoms with Gasteiger partial charge in [0.1, 0.15) is 11.3 Å². The van der Waals surface area contributed by atoms with Gasteiger partial charge in [-0.05, 0) is 60.0 Å². The number of aromatic hydroxyl groups is 1. The van der Waals surface area contributed by atoms with Crippen LogP contribution in [0, 0.1) is 6.92 Å². The van der Waals surface area contributed by atoms with Gasteiger partial charge in [0.05, 0.1) is 23.1 Å². The minimum absolute atomic E-state index is 0.0451. The summed E-state index contributed by atoms with van der Waals surface area (Å²) in [5.41, 5.74) is 1.83. The van der Waals surface area contributed by atoms with Crippen LogP contribution in [0.3, 0.4) is 0 Å². The van der Waals surface area contributed by atoms with Gasteiger partial charge in [-0.2, -0.15) is 0 Å². The van der Waals surface area contributed by atoms with E-state index in [-0.39, 0.29) is 22.8 Å². The molecular weight excluding hydrogens is 608 g/mol. The molecule has 0 bridgehead atoms. The maximum atomic E-state index is 12.8. The summed E-state index contributed by atoms with van der Waals surface area (Å²) in [5.74, 6) is -4.09. The summed E-state index contributed by atoms with van der Waals surface area (Å²) in [6.07, 6.45) is -0.600. The molecule has 0 aliphatic rings. The number of aromatic carboxylic acids is 1. The molecule has 222 valence electrons. The first-order valence-electron chi connectivity index (χ1n) is 12.3. The molecule has 0 saturated carbocycles. The number of sulfonamides is 1. The summed E-state index contributed by atoms with van der Waals surface area (Å²) < 4.78 is 27.5. The van der Waals surface area contributed by atoms with Crippen molar-refractivity contribution in [3.63, 3.8) is 0 Å². The number of phenols is 1. The Morgan fingerprint density at radius 3 is 2.29 bits per heavy atom. The van der Waals surface area contributed by atoms with E-state index in [1.54, 1.807) is 6.07 Å². The van der Waals surface area contributed by atoms with E-state index in [0.29, 0.717) is 16.3 Å². The molecule has 3 aromatic rings. The lowest BCUT2D eigenvalue weighted by molar-refractivity contribution is -0.139. The largest absolute Gasteiger partial charge is 0.507 e. The van der Waals surface area contributed by atoms with Crippen LogP contribution in [0.1, 0.15) is 43.8 Å². The molecule has 14 heteroatoms. The predicted molar refractivity (Wildman–Crippen MR) is 156 cm³/mol.